The van der Waals surface area contributed by atoms with Crippen LogP contribution in [0.3, 0.4) is 0 Å². The van der Waals surface area contributed by atoms with Crippen molar-refractivity contribution in [2.24, 2.45) is 0 Å². The summed E-state index contributed by atoms with van der Waals surface area (Å²) in [6, 6.07) is 3.85. The summed E-state index contributed by atoms with van der Waals surface area (Å²) in [5.74, 6) is 1.63. The van der Waals surface area contributed by atoms with Gasteiger partial charge in [0, 0.05) is 25.1 Å². The number of rotatable bonds is 6. The maximum atomic E-state index is 5.67. The van der Waals surface area contributed by atoms with Crippen molar-refractivity contribution < 1.29 is 4.74 Å². The number of pyridine rings is 1. The Bertz CT molecular complexity index is 522. The Kier molecular flexibility index (Phi) is 4.39. The van der Waals surface area contributed by atoms with E-state index in [4.69, 9.17) is 4.74 Å². The molecule has 0 atom stereocenters. The van der Waals surface area contributed by atoms with Gasteiger partial charge in [-0.3, -0.25) is 0 Å². The first-order chi connectivity index (χ1) is 9.20. The van der Waals surface area contributed by atoms with Crippen LogP contribution in [0.1, 0.15) is 26.6 Å². The smallest absolute Gasteiger partial charge is 0.237 e. The molecule has 0 aliphatic rings. The van der Waals surface area contributed by atoms with Crippen LogP contribution in [0.5, 0.6) is 5.88 Å². The minimum Gasteiger partial charge on any atom is -0.473 e. The van der Waals surface area contributed by atoms with Gasteiger partial charge in [-0.1, -0.05) is 0 Å². The van der Waals surface area contributed by atoms with Gasteiger partial charge in [0.15, 0.2) is 0 Å². The summed E-state index contributed by atoms with van der Waals surface area (Å²) >= 11 is 0. The maximum Gasteiger partial charge on any atom is 0.237 e. The molecule has 2 rings (SSSR count). The Balaban J connectivity index is 2.07. The van der Waals surface area contributed by atoms with Crippen LogP contribution in [0.4, 0.5) is 5.69 Å². The van der Waals surface area contributed by atoms with E-state index in [1.807, 2.05) is 38.4 Å². The van der Waals surface area contributed by atoms with Crippen LogP contribution < -0.4 is 10.1 Å². The monoisotopic (exact) mass is 260 g/mol. The Morgan fingerprint density at radius 2 is 2.16 bits per heavy atom. The second kappa shape index (κ2) is 6.22. The van der Waals surface area contributed by atoms with Crippen molar-refractivity contribution in [3.05, 3.63) is 36.5 Å². The van der Waals surface area contributed by atoms with Crippen LogP contribution in [-0.2, 0) is 13.1 Å². The topological polar surface area (TPSA) is 52.0 Å². The van der Waals surface area contributed by atoms with Crippen LogP contribution in [0.15, 0.2) is 30.7 Å². The number of imidazole rings is 1. The Hall–Kier alpha value is -2.04. The van der Waals surface area contributed by atoms with Gasteiger partial charge in [0.05, 0.1) is 18.3 Å². The molecule has 0 aliphatic heterocycles. The first-order valence-corrected chi connectivity index (χ1v) is 6.56. The van der Waals surface area contributed by atoms with E-state index >= 15 is 0 Å². The van der Waals surface area contributed by atoms with Crippen molar-refractivity contribution >= 4 is 5.69 Å². The van der Waals surface area contributed by atoms with Gasteiger partial charge in [0.2, 0.25) is 5.88 Å². The van der Waals surface area contributed by atoms with Crippen LogP contribution >= 0.6 is 0 Å². The van der Waals surface area contributed by atoms with E-state index in [9.17, 15) is 0 Å². The standard InChI is InChI=1S/C14H20N4O/c1-4-18-9-8-15-13(18)10-17-12-6-5-7-16-14(12)19-11(2)3/h5-9,11,17H,4,10H2,1-3H3. The molecule has 0 aromatic carbocycles. The van der Waals surface area contributed by atoms with Crippen LogP contribution in [0.25, 0.3) is 0 Å². The van der Waals surface area contributed by atoms with Gasteiger partial charge in [-0.2, -0.15) is 0 Å². The zero-order valence-corrected chi connectivity index (χ0v) is 11.6. The van der Waals surface area contributed by atoms with Crippen molar-refractivity contribution in [2.75, 3.05) is 5.32 Å². The molecule has 0 radical (unpaired) electrons. The number of aryl methyl sites for hydroxylation is 1. The number of aromatic nitrogens is 3. The van der Waals surface area contributed by atoms with Crippen molar-refractivity contribution in [1.29, 1.82) is 0 Å². The summed E-state index contributed by atoms with van der Waals surface area (Å²) in [6.45, 7) is 7.65. The van der Waals surface area contributed by atoms with Gasteiger partial charge < -0.3 is 14.6 Å². The Morgan fingerprint density at radius 3 is 2.89 bits per heavy atom. The summed E-state index contributed by atoms with van der Waals surface area (Å²) in [4.78, 5) is 8.58. The molecular formula is C14H20N4O. The lowest BCUT2D eigenvalue weighted by Gasteiger charge is -2.14. The average Bonchev–Trinajstić information content (AvgIpc) is 2.84. The maximum absolute atomic E-state index is 5.67. The van der Waals surface area contributed by atoms with Gasteiger partial charge in [-0.15, -0.1) is 0 Å². The lowest BCUT2D eigenvalue weighted by Crippen LogP contribution is -2.11. The number of anilines is 1. The molecule has 102 valence electrons. The number of nitrogens with zero attached hydrogens (tertiary/aromatic N) is 3. The summed E-state index contributed by atoms with van der Waals surface area (Å²) < 4.78 is 7.77. The molecule has 0 saturated heterocycles. The fourth-order valence-corrected chi connectivity index (χ4v) is 1.81. The molecule has 2 heterocycles. The number of ether oxygens (including phenoxy) is 1. The first-order valence-electron chi connectivity index (χ1n) is 6.56. The summed E-state index contributed by atoms with van der Waals surface area (Å²) in [5, 5.41) is 3.32. The highest BCUT2D eigenvalue weighted by molar-refractivity contribution is 5.52. The molecule has 5 heteroatoms. The van der Waals surface area contributed by atoms with E-state index in [2.05, 4.69) is 26.8 Å². The van der Waals surface area contributed by atoms with E-state index in [-0.39, 0.29) is 6.10 Å². The van der Waals surface area contributed by atoms with Crippen LogP contribution in [-0.4, -0.2) is 20.6 Å². The molecule has 2 aromatic rings. The SMILES string of the molecule is CCn1ccnc1CNc1cccnc1OC(C)C. The van der Waals surface area contributed by atoms with E-state index in [1.165, 1.54) is 0 Å². The fraction of sp³-hybridized carbons (Fsp3) is 0.429. The van der Waals surface area contributed by atoms with Crippen molar-refractivity contribution in [1.82, 2.24) is 14.5 Å². The normalized spacial score (nSPS) is 10.7. The zero-order valence-electron chi connectivity index (χ0n) is 11.6. The predicted molar refractivity (Wildman–Crippen MR) is 75.2 cm³/mol. The van der Waals surface area contributed by atoms with Crippen LogP contribution in [0.2, 0.25) is 0 Å². The molecule has 0 bridgehead atoms. The highest BCUT2D eigenvalue weighted by Crippen LogP contribution is 2.22. The highest BCUT2D eigenvalue weighted by Gasteiger charge is 2.07. The molecule has 0 unspecified atom stereocenters. The third-order valence-electron chi connectivity index (χ3n) is 2.70. The first kappa shape index (κ1) is 13.4. The average molecular weight is 260 g/mol. The quantitative estimate of drug-likeness (QED) is 0.867. The molecular weight excluding hydrogens is 240 g/mol. The van der Waals surface area contributed by atoms with E-state index in [0.717, 1.165) is 18.1 Å². The summed E-state index contributed by atoms with van der Waals surface area (Å²) in [6.07, 6.45) is 5.63. The van der Waals surface area contributed by atoms with E-state index in [0.29, 0.717) is 12.4 Å². The molecule has 2 aromatic heterocycles. The molecule has 1 N–H and O–H groups in total. The molecule has 0 amide bonds. The molecule has 0 fully saturated rings. The van der Waals surface area contributed by atoms with Crippen LogP contribution in [0, 0.1) is 0 Å². The van der Waals surface area contributed by atoms with Gasteiger partial charge >= 0.3 is 0 Å². The molecule has 0 spiro atoms. The Labute approximate surface area is 113 Å². The molecule has 19 heavy (non-hydrogen) atoms. The highest BCUT2D eigenvalue weighted by atomic mass is 16.5. The van der Waals surface area contributed by atoms with E-state index in [1.54, 1.807) is 6.20 Å². The van der Waals surface area contributed by atoms with Crippen molar-refractivity contribution in [3.63, 3.8) is 0 Å². The number of hydrogen-bond donors (Lipinski definition) is 1. The minimum atomic E-state index is 0.105. The Morgan fingerprint density at radius 1 is 1.32 bits per heavy atom. The zero-order chi connectivity index (χ0) is 13.7. The van der Waals surface area contributed by atoms with Gasteiger partial charge in [0.25, 0.3) is 0 Å². The predicted octanol–water partition coefficient (Wildman–Crippen LogP) is 2.70. The minimum absolute atomic E-state index is 0.105. The van der Waals surface area contributed by atoms with Gasteiger partial charge in [-0.25, -0.2) is 9.97 Å². The second-order valence-corrected chi connectivity index (χ2v) is 4.51. The molecule has 0 saturated carbocycles. The lowest BCUT2D eigenvalue weighted by atomic mass is 10.4. The van der Waals surface area contributed by atoms with Gasteiger partial charge in [0.1, 0.15) is 5.82 Å². The number of hydrogen-bond acceptors (Lipinski definition) is 4. The number of nitrogens with one attached hydrogen (secondary N) is 1. The van der Waals surface area contributed by atoms with Gasteiger partial charge in [-0.05, 0) is 32.9 Å². The van der Waals surface area contributed by atoms with Crippen molar-refractivity contribution in [3.8, 4) is 5.88 Å². The third kappa shape index (κ3) is 3.47. The van der Waals surface area contributed by atoms with Crippen molar-refractivity contribution in [2.45, 2.75) is 40.0 Å². The largest absolute Gasteiger partial charge is 0.473 e. The second-order valence-electron chi connectivity index (χ2n) is 4.51. The van der Waals surface area contributed by atoms with E-state index < -0.39 is 0 Å². The molecule has 0 aliphatic carbocycles. The summed E-state index contributed by atoms with van der Waals surface area (Å²) in [7, 11) is 0. The fourth-order valence-electron chi connectivity index (χ4n) is 1.81. The third-order valence-corrected chi connectivity index (χ3v) is 2.70. The lowest BCUT2D eigenvalue weighted by molar-refractivity contribution is 0.234. The molecule has 5 nitrogen and oxygen atoms in total. The summed E-state index contributed by atoms with van der Waals surface area (Å²) in [5.41, 5.74) is 0.891.